The topological polar surface area (TPSA) is 114 Å². The van der Waals surface area contributed by atoms with Crippen molar-refractivity contribution in [2.75, 3.05) is 19.7 Å². The van der Waals surface area contributed by atoms with Gasteiger partial charge in [0.25, 0.3) is 0 Å². The normalized spacial score (nSPS) is 12.4. The molecule has 0 aliphatic carbocycles. The van der Waals surface area contributed by atoms with Crippen molar-refractivity contribution < 1.29 is 28.7 Å². The van der Waals surface area contributed by atoms with Gasteiger partial charge in [-0.25, -0.2) is 4.79 Å². The summed E-state index contributed by atoms with van der Waals surface area (Å²) < 4.78 is 10.3. The Bertz CT molecular complexity index is 995. The van der Waals surface area contributed by atoms with Crippen molar-refractivity contribution in [2.24, 2.45) is 0 Å². The minimum Gasteiger partial charge on any atom is -0.466 e. The molecule has 0 bridgehead atoms. The quantitative estimate of drug-likeness (QED) is 0.191. The van der Waals surface area contributed by atoms with E-state index in [1.165, 1.54) is 4.90 Å². The van der Waals surface area contributed by atoms with Gasteiger partial charge in [-0.2, -0.15) is 0 Å². The maximum absolute atomic E-state index is 13.8. The van der Waals surface area contributed by atoms with Gasteiger partial charge in [-0.05, 0) is 52.7 Å². The Morgan fingerprint density at radius 2 is 1.72 bits per heavy atom. The van der Waals surface area contributed by atoms with E-state index in [1.807, 2.05) is 0 Å². The summed E-state index contributed by atoms with van der Waals surface area (Å²) in [6.07, 6.45) is 9.70. The van der Waals surface area contributed by atoms with Gasteiger partial charge >= 0.3 is 12.1 Å². The smallest absolute Gasteiger partial charge is 0.408 e. The van der Waals surface area contributed by atoms with Crippen molar-refractivity contribution in [2.45, 2.75) is 97.8 Å². The molecular formula is C30H45N3O6. The van der Waals surface area contributed by atoms with Gasteiger partial charge in [0, 0.05) is 18.7 Å². The average molecular weight is 544 g/mol. The monoisotopic (exact) mass is 543 g/mol. The van der Waals surface area contributed by atoms with Crippen LogP contribution in [0.3, 0.4) is 0 Å². The van der Waals surface area contributed by atoms with Crippen LogP contribution in [-0.2, 0) is 23.9 Å². The average Bonchev–Trinajstić information content (AvgIpc) is 2.86. The Morgan fingerprint density at radius 3 is 2.33 bits per heavy atom. The second-order valence-corrected chi connectivity index (χ2v) is 10.3. The molecule has 2 atom stereocenters. The zero-order valence-corrected chi connectivity index (χ0v) is 24.3. The lowest BCUT2D eigenvalue weighted by atomic mass is 9.97. The molecule has 9 nitrogen and oxygen atoms in total. The summed E-state index contributed by atoms with van der Waals surface area (Å²) in [7, 11) is 0. The Kier molecular flexibility index (Phi) is 14.7. The summed E-state index contributed by atoms with van der Waals surface area (Å²) in [6.45, 7) is 11.1. The Labute approximate surface area is 233 Å². The minimum atomic E-state index is -1.07. The van der Waals surface area contributed by atoms with Gasteiger partial charge in [0.15, 0.2) is 0 Å². The number of alkyl carbamates (subject to hydrolysis) is 1. The number of esters is 1. The summed E-state index contributed by atoms with van der Waals surface area (Å²) in [5, 5.41) is 5.35. The molecule has 0 aliphatic rings. The van der Waals surface area contributed by atoms with Gasteiger partial charge < -0.3 is 25.0 Å². The first kappa shape index (κ1) is 33.5. The molecule has 216 valence electrons. The Balaban J connectivity index is 3.34. The Hall–Kier alpha value is -3.54. The predicted octanol–water partition coefficient (Wildman–Crippen LogP) is 4.49. The molecule has 1 aromatic rings. The number of unbranched alkanes of at least 4 members (excludes halogenated alkanes) is 4. The van der Waals surface area contributed by atoms with E-state index in [9.17, 15) is 19.2 Å². The lowest BCUT2D eigenvalue weighted by molar-refractivity contribution is -0.144. The van der Waals surface area contributed by atoms with Gasteiger partial charge in [-0.15, -0.1) is 6.42 Å². The molecule has 0 aliphatic heterocycles. The van der Waals surface area contributed by atoms with Gasteiger partial charge in [0.1, 0.15) is 17.7 Å². The fourth-order valence-corrected chi connectivity index (χ4v) is 3.98. The van der Waals surface area contributed by atoms with Crippen LogP contribution < -0.4 is 10.6 Å². The first-order chi connectivity index (χ1) is 18.4. The van der Waals surface area contributed by atoms with Gasteiger partial charge in [-0.1, -0.05) is 56.7 Å². The second-order valence-electron chi connectivity index (χ2n) is 10.3. The summed E-state index contributed by atoms with van der Waals surface area (Å²) in [5.74, 6) is 1.24. The number of ether oxygens (including phenoxy) is 2. The van der Waals surface area contributed by atoms with E-state index in [2.05, 4.69) is 23.5 Å². The highest BCUT2D eigenvalue weighted by atomic mass is 16.6. The van der Waals surface area contributed by atoms with Crippen LogP contribution in [0.4, 0.5) is 4.79 Å². The van der Waals surface area contributed by atoms with Crippen molar-refractivity contribution in [3.05, 3.63) is 35.4 Å². The van der Waals surface area contributed by atoms with Crippen molar-refractivity contribution in [1.82, 2.24) is 15.5 Å². The minimum absolute atomic E-state index is 0.00927. The van der Waals surface area contributed by atoms with Crippen molar-refractivity contribution in [3.8, 4) is 12.3 Å². The molecule has 0 fully saturated rings. The molecule has 0 saturated carbocycles. The number of nitrogens with zero attached hydrogens (tertiary/aromatic N) is 1. The number of rotatable bonds is 15. The number of amides is 3. The standard InChI is InChI=1S/C30H45N3O6/c1-8-11-12-13-16-21-33(28(36)22(4)32-29(37)39-30(5,6)7)26(24-18-15-14-17-23(24)9-2)27(35)31-20-19-25(34)38-10-3/h2,14-15,17-18,22,26H,8,10-13,16,19-21H2,1,3-7H3,(H,31,35)(H,32,37). The van der Waals surface area contributed by atoms with Crippen LogP contribution in [0.15, 0.2) is 24.3 Å². The van der Waals surface area contributed by atoms with E-state index in [-0.39, 0.29) is 26.1 Å². The van der Waals surface area contributed by atoms with E-state index in [0.717, 1.165) is 25.7 Å². The van der Waals surface area contributed by atoms with Gasteiger partial charge in [-0.3, -0.25) is 14.4 Å². The summed E-state index contributed by atoms with van der Waals surface area (Å²) in [4.78, 5) is 53.1. The fraction of sp³-hybridized carbons (Fsp3) is 0.600. The number of hydrogen-bond donors (Lipinski definition) is 2. The molecular weight excluding hydrogens is 498 g/mol. The summed E-state index contributed by atoms with van der Waals surface area (Å²) in [5.41, 5.74) is 0.221. The third kappa shape index (κ3) is 12.2. The first-order valence-corrected chi connectivity index (χ1v) is 13.7. The molecule has 0 radical (unpaired) electrons. The van der Waals surface area contributed by atoms with E-state index in [1.54, 1.807) is 58.9 Å². The fourth-order valence-electron chi connectivity index (χ4n) is 3.98. The Morgan fingerprint density at radius 1 is 1.05 bits per heavy atom. The lowest BCUT2D eigenvalue weighted by Gasteiger charge is -2.34. The third-order valence-electron chi connectivity index (χ3n) is 5.79. The molecule has 0 aromatic heterocycles. The molecule has 39 heavy (non-hydrogen) atoms. The maximum Gasteiger partial charge on any atom is 0.408 e. The van der Waals surface area contributed by atoms with Crippen LogP contribution in [-0.4, -0.2) is 60.1 Å². The molecule has 3 amide bonds. The molecule has 1 rings (SSSR count). The van der Waals surface area contributed by atoms with Crippen LogP contribution >= 0.6 is 0 Å². The molecule has 1 aromatic carbocycles. The predicted molar refractivity (Wildman–Crippen MR) is 151 cm³/mol. The van der Waals surface area contributed by atoms with Gasteiger partial charge in [0.2, 0.25) is 11.8 Å². The van der Waals surface area contributed by atoms with Crippen molar-refractivity contribution >= 4 is 23.9 Å². The number of nitrogens with one attached hydrogen (secondary N) is 2. The van der Waals surface area contributed by atoms with Crippen molar-refractivity contribution in [1.29, 1.82) is 0 Å². The zero-order chi connectivity index (χ0) is 29.4. The molecule has 0 saturated heterocycles. The molecule has 9 heteroatoms. The molecule has 2 N–H and O–H groups in total. The lowest BCUT2D eigenvalue weighted by Crippen LogP contribution is -2.52. The molecule has 0 heterocycles. The highest BCUT2D eigenvalue weighted by Gasteiger charge is 2.35. The maximum atomic E-state index is 13.8. The summed E-state index contributed by atoms with van der Waals surface area (Å²) in [6, 6.07) is 4.90. The SMILES string of the molecule is C#Cc1ccccc1C(C(=O)NCCC(=O)OCC)N(CCCCCCC)C(=O)C(C)NC(=O)OC(C)(C)C. The molecule has 0 spiro atoms. The van der Waals surface area contributed by atoms with E-state index in [0.29, 0.717) is 17.5 Å². The highest BCUT2D eigenvalue weighted by Crippen LogP contribution is 2.26. The van der Waals surface area contributed by atoms with Crippen molar-refractivity contribution in [3.63, 3.8) is 0 Å². The van der Waals surface area contributed by atoms with E-state index < -0.39 is 41.6 Å². The van der Waals surface area contributed by atoms with Crippen LogP contribution in [0, 0.1) is 12.3 Å². The van der Waals surface area contributed by atoms with E-state index >= 15 is 0 Å². The second kappa shape index (κ2) is 17.1. The van der Waals surface area contributed by atoms with Crippen LogP contribution in [0.5, 0.6) is 0 Å². The first-order valence-electron chi connectivity index (χ1n) is 13.7. The number of carbonyl (C=O) groups excluding carboxylic acids is 4. The molecule has 2 unspecified atom stereocenters. The number of carbonyl (C=O) groups is 4. The zero-order valence-electron chi connectivity index (χ0n) is 24.3. The van der Waals surface area contributed by atoms with Crippen LogP contribution in [0.2, 0.25) is 0 Å². The third-order valence-corrected chi connectivity index (χ3v) is 5.79. The number of terminal acetylenes is 1. The number of benzene rings is 1. The number of hydrogen-bond acceptors (Lipinski definition) is 6. The van der Waals surface area contributed by atoms with Crippen LogP contribution in [0.25, 0.3) is 0 Å². The highest BCUT2D eigenvalue weighted by molar-refractivity contribution is 5.92. The largest absolute Gasteiger partial charge is 0.466 e. The van der Waals surface area contributed by atoms with Crippen LogP contribution in [0.1, 0.15) is 97.2 Å². The van der Waals surface area contributed by atoms with Gasteiger partial charge in [0.05, 0.1) is 13.0 Å². The summed E-state index contributed by atoms with van der Waals surface area (Å²) >= 11 is 0. The van der Waals surface area contributed by atoms with E-state index in [4.69, 9.17) is 15.9 Å².